The molecule has 2 N–H and O–H groups in total. The predicted octanol–water partition coefficient (Wildman–Crippen LogP) is 2.55. The lowest BCUT2D eigenvalue weighted by molar-refractivity contribution is 0.530. The van der Waals surface area contributed by atoms with E-state index in [-0.39, 0.29) is 0 Å². The van der Waals surface area contributed by atoms with Crippen molar-refractivity contribution in [2.24, 2.45) is 5.96 Å². The largest absolute Gasteiger partial charge is 0.172 e. The molecule has 0 bridgehead atoms. The average Bonchev–Trinajstić information content (AvgIpc) is 2.08. The molecule has 62 valence electrons. The monoisotopic (exact) mass is 173 g/mol. The van der Waals surface area contributed by atoms with Crippen LogP contribution in [0.15, 0.2) is 29.2 Å². The van der Waals surface area contributed by atoms with Gasteiger partial charge in [-0.1, -0.05) is 17.7 Å². The second-order valence-electron chi connectivity index (χ2n) is 2.02. The molecule has 0 saturated carbocycles. The molecule has 0 unspecified atom stereocenters. The van der Waals surface area contributed by atoms with Gasteiger partial charge < -0.3 is 0 Å². The maximum absolute atomic E-state index is 9.00. The first-order chi connectivity index (χ1) is 5.33. The molecule has 3 heteroatoms. The van der Waals surface area contributed by atoms with Crippen LogP contribution in [0.25, 0.3) is 0 Å². The average molecular weight is 173 g/mol. The van der Waals surface area contributed by atoms with Crippen LogP contribution in [0.5, 0.6) is 0 Å². The number of aryl methyl sites for hydroxylation is 1. The molecule has 0 spiro atoms. The van der Waals surface area contributed by atoms with Crippen molar-refractivity contribution in [2.75, 3.05) is 6.26 Å². The first-order valence-corrected chi connectivity index (χ1v) is 4.38. The van der Waals surface area contributed by atoms with E-state index in [9.17, 15) is 0 Å². The molecule has 0 aliphatic heterocycles. The lowest BCUT2D eigenvalue weighted by atomic mass is 10.2. The van der Waals surface area contributed by atoms with Gasteiger partial charge in [-0.05, 0) is 25.3 Å². The molecule has 0 radical (unpaired) electrons. The number of benzene rings is 1. The van der Waals surface area contributed by atoms with Crippen molar-refractivity contribution in [3.63, 3.8) is 0 Å². The van der Waals surface area contributed by atoms with Crippen molar-refractivity contribution in [1.82, 2.24) is 0 Å². The highest BCUT2D eigenvalue weighted by atomic mass is 32.2. The molecule has 1 aromatic carbocycles. The van der Waals surface area contributed by atoms with E-state index in [0.717, 1.165) is 0 Å². The Balaban J connectivity index is 0.000000461. The van der Waals surface area contributed by atoms with E-state index in [2.05, 4.69) is 43.4 Å². The fourth-order valence-corrected chi connectivity index (χ4v) is 1.26. The van der Waals surface area contributed by atoms with Crippen LogP contribution in [-0.4, -0.2) is 6.26 Å². The van der Waals surface area contributed by atoms with Crippen LogP contribution in [0.4, 0.5) is 4.48 Å². The van der Waals surface area contributed by atoms with Crippen LogP contribution < -0.4 is 5.96 Å². The fourth-order valence-electron chi connectivity index (χ4n) is 0.742. The normalized spacial score (nSPS) is 8.36. The second kappa shape index (κ2) is 6.19. The van der Waals surface area contributed by atoms with Crippen LogP contribution >= 0.6 is 11.8 Å². The van der Waals surface area contributed by atoms with Crippen LogP contribution in [0.3, 0.4) is 0 Å². The van der Waals surface area contributed by atoms with E-state index in [1.807, 2.05) is 0 Å². The SMILES string of the molecule is CSc1cccc(C)c1.NF. The van der Waals surface area contributed by atoms with Crippen LogP contribution in [-0.2, 0) is 0 Å². The van der Waals surface area contributed by atoms with Gasteiger partial charge >= 0.3 is 0 Å². The smallest absolute Gasteiger partial charge is 0.00717 e. The van der Waals surface area contributed by atoms with Crippen molar-refractivity contribution >= 4 is 11.8 Å². The summed E-state index contributed by atoms with van der Waals surface area (Å²) in [6.45, 7) is 2.11. The molecular formula is C8H12FNS. The molecule has 11 heavy (non-hydrogen) atoms. The Labute approximate surface area is 70.7 Å². The zero-order chi connectivity index (χ0) is 8.69. The Morgan fingerprint density at radius 2 is 2.00 bits per heavy atom. The first kappa shape index (κ1) is 10.5. The molecular weight excluding hydrogens is 161 g/mol. The molecule has 1 nitrogen and oxygen atoms in total. The third-order valence-electron chi connectivity index (χ3n) is 1.23. The highest BCUT2D eigenvalue weighted by Crippen LogP contribution is 2.14. The highest BCUT2D eigenvalue weighted by molar-refractivity contribution is 7.98. The minimum absolute atomic E-state index is 1.34. The van der Waals surface area contributed by atoms with E-state index >= 15 is 0 Å². The summed E-state index contributed by atoms with van der Waals surface area (Å²) in [6.07, 6.45) is 2.09. The van der Waals surface area contributed by atoms with Crippen molar-refractivity contribution in [2.45, 2.75) is 11.8 Å². The minimum atomic E-state index is 1.34. The Morgan fingerprint density at radius 3 is 2.36 bits per heavy atom. The number of rotatable bonds is 1. The van der Waals surface area contributed by atoms with Crippen molar-refractivity contribution in [1.29, 1.82) is 0 Å². The van der Waals surface area contributed by atoms with Gasteiger partial charge in [0.25, 0.3) is 0 Å². The minimum Gasteiger partial charge on any atom is -0.172 e. The molecule has 0 aromatic heterocycles. The van der Waals surface area contributed by atoms with Gasteiger partial charge in [0, 0.05) is 4.90 Å². The maximum Gasteiger partial charge on any atom is 0.00717 e. The predicted molar refractivity (Wildman–Crippen MR) is 48.3 cm³/mol. The Hall–Kier alpha value is -0.540. The van der Waals surface area contributed by atoms with Gasteiger partial charge in [-0.3, -0.25) is 0 Å². The second-order valence-corrected chi connectivity index (χ2v) is 2.90. The summed E-state index contributed by atoms with van der Waals surface area (Å²) in [4.78, 5) is 1.34. The highest BCUT2D eigenvalue weighted by Gasteiger charge is 1.86. The summed E-state index contributed by atoms with van der Waals surface area (Å²) < 4.78 is 9.00. The summed E-state index contributed by atoms with van der Waals surface area (Å²) in [7, 11) is 0. The number of halogens is 1. The summed E-state index contributed by atoms with van der Waals surface area (Å²) in [5, 5.41) is 0. The van der Waals surface area contributed by atoms with Gasteiger partial charge in [0.2, 0.25) is 0 Å². The molecule has 0 aliphatic carbocycles. The zero-order valence-electron chi connectivity index (χ0n) is 6.67. The van der Waals surface area contributed by atoms with Gasteiger partial charge in [0.05, 0.1) is 0 Å². The molecule has 0 fully saturated rings. The number of nitrogens with two attached hydrogens (primary N) is 1. The number of hydrogen-bond acceptors (Lipinski definition) is 2. The van der Waals surface area contributed by atoms with Crippen LogP contribution in [0.1, 0.15) is 5.56 Å². The lowest BCUT2D eigenvalue weighted by Crippen LogP contribution is -1.71. The van der Waals surface area contributed by atoms with Gasteiger partial charge in [-0.15, -0.1) is 16.2 Å². The molecule has 0 aliphatic rings. The van der Waals surface area contributed by atoms with E-state index in [0.29, 0.717) is 0 Å². The van der Waals surface area contributed by atoms with E-state index in [1.54, 1.807) is 11.8 Å². The van der Waals surface area contributed by atoms with Gasteiger partial charge in [0.15, 0.2) is 0 Å². The molecule has 1 rings (SSSR count). The third-order valence-corrected chi connectivity index (χ3v) is 1.95. The summed E-state index contributed by atoms with van der Waals surface area (Å²) in [6, 6.07) is 8.50. The van der Waals surface area contributed by atoms with Gasteiger partial charge in [-0.2, -0.15) is 5.96 Å². The number of thioether (sulfide) groups is 1. The van der Waals surface area contributed by atoms with Crippen LogP contribution in [0.2, 0.25) is 0 Å². The molecule has 0 atom stereocenters. The topological polar surface area (TPSA) is 26.0 Å². The fraction of sp³-hybridized carbons (Fsp3) is 0.250. The summed E-state index contributed by atoms with van der Waals surface area (Å²) >= 11 is 1.78. The summed E-state index contributed by atoms with van der Waals surface area (Å²) in [5.41, 5.74) is 1.34. The van der Waals surface area contributed by atoms with E-state index < -0.39 is 0 Å². The Morgan fingerprint density at radius 1 is 1.36 bits per heavy atom. The maximum atomic E-state index is 9.00. The van der Waals surface area contributed by atoms with E-state index in [1.165, 1.54) is 10.5 Å². The lowest BCUT2D eigenvalue weighted by Gasteiger charge is -1.94. The molecule has 0 amide bonds. The third kappa shape index (κ3) is 4.01. The van der Waals surface area contributed by atoms with Crippen molar-refractivity contribution < 1.29 is 4.48 Å². The Kier molecular flexibility index (Phi) is 5.88. The first-order valence-electron chi connectivity index (χ1n) is 3.15. The zero-order valence-corrected chi connectivity index (χ0v) is 7.49. The molecule has 1 aromatic rings. The van der Waals surface area contributed by atoms with Crippen molar-refractivity contribution in [3.05, 3.63) is 29.8 Å². The Bertz CT molecular complexity index is 203. The van der Waals surface area contributed by atoms with E-state index in [4.69, 9.17) is 4.48 Å². The quantitative estimate of drug-likeness (QED) is 0.521. The van der Waals surface area contributed by atoms with Gasteiger partial charge in [-0.25, -0.2) is 0 Å². The van der Waals surface area contributed by atoms with Crippen molar-refractivity contribution in [3.8, 4) is 0 Å². The molecule has 0 heterocycles. The molecule has 0 saturated heterocycles. The summed E-state index contributed by atoms with van der Waals surface area (Å²) in [5.74, 6) is 3.00. The number of hydrogen-bond donors (Lipinski definition) is 1. The standard InChI is InChI=1S/C8H10S.FH2N/c1-7-4-3-5-8(6-7)9-2;1-2/h3-6H,1-2H3;2H2. The van der Waals surface area contributed by atoms with Crippen LogP contribution in [0, 0.1) is 6.92 Å². The van der Waals surface area contributed by atoms with Gasteiger partial charge in [0.1, 0.15) is 0 Å².